The van der Waals surface area contributed by atoms with Gasteiger partial charge in [0.1, 0.15) is 0 Å². The fraction of sp³-hybridized carbons (Fsp3) is 0.500. The van der Waals surface area contributed by atoms with Gasteiger partial charge in [0.15, 0.2) is 0 Å². The largest absolute Gasteiger partial charge is 0.466 e. The summed E-state index contributed by atoms with van der Waals surface area (Å²) >= 11 is 0. The molecule has 0 N–H and O–H groups in total. The Hall–Kier alpha value is -2.00. The molecule has 1 saturated heterocycles. The number of nitro benzene ring substituents is 1. The number of piperidine rings is 1. The van der Waals surface area contributed by atoms with Gasteiger partial charge in [0.25, 0.3) is 5.69 Å². The molecule has 0 saturated carbocycles. The van der Waals surface area contributed by atoms with Gasteiger partial charge in [-0.15, -0.1) is 0 Å². The normalized spacial score (nSPS) is 16.9. The summed E-state index contributed by atoms with van der Waals surface area (Å²) in [5, 5.41) is 10.8. The second-order valence-corrected chi connectivity index (χ2v) is 7.12. The quantitative estimate of drug-likeness (QED) is 0.456. The molecule has 0 atom stereocenters. The van der Waals surface area contributed by atoms with Gasteiger partial charge in [-0.1, -0.05) is 6.07 Å². The van der Waals surface area contributed by atoms with Crippen molar-refractivity contribution in [1.29, 1.82) is 0 Å². The van der Waals surface area contributed by atoms with Gasteiger partial charge in [-0.2, -0.15) is 4.31 Å². The van der Waals surface area contributed by atoms with Gasteiger partial charge in [0.2, 0.25) is 10.0 Å². The van der Waals surface area contributed by atoms with Gasteiger partial charge >= 0.3 is 5.97 Å². The SMILES string of the molecule is CCOC(=O)C1CCN(S(=O)(=O)c2cccc([N+](=O)[O-])c2)CC1. The van der Waals surface area contributed by atoms with Crippen molar-refractivity contribution >= 4 is 21.7 Å². The minimum absolute atomic E-state index is 0.110. The van der Waals surface area contributed by atoms with Gasteiger partial charge in [0, 0.05) is 25.2 Å². The van der Waals surface area contributed by atoms with Crippen LogP contribution in [0.25, 0.3) is 0 Å². The average molecular weight is 342 g/mol. The highest BCUT2D eigenvalue weighted by Crippen LogP contribution is 2.26. The van der Waals surface area contributed by atoms with E-state index < -0.39 is 14.9 Å². The van der Waals surface area contributed by atoms with Crippen LogP contribution < -0.4 is 0 Å². The first kappa shape index (κ1) is 17.4. The highest BCUT2D eigenvalue weighted by Gasteiger charge is 2.33. The number of hydrogen-bond acceptors (Lipinski definition) is 6. The Morgan fingerprint density at radius 1 is 1.39 bits per heavy atom. The zero-order valence-corrected chi connectivity index (χ0v) is 13.5. The average Bonchev–Trinajstić information content (AvgIpc) is 2.55. The van der Waals surface area contributed by atoms with Crippen LogP contribution >= 0.6 is 0 Å². The van der Waals surface area contributed by atoms with Gasteiger partial charge < -0.3 is 4.74 Å². The van der Waals surface area contributed by atoms with Crippen LogP contribution in [-0.2, 0) is 19.6 Å². The summed E-state index contributed by atoms with van der Waals surface area (Å²) in [6.07, 6.45) is 0.764. The molecule has 0 aliphatic carbocycles. The third kappa shape index (κ3) is 3.85. The van der Waals surface area contributed by atoms with Crippen LogP contribution in [0.5, 0.6) is 0 Å². The van der Waals surface area contributed by atoms with Crippen molar-refractivity contribution in [1.82, 2.24) is 4.31 Å². The molecule has 0 bridgehead atoms. The second kappa shape index (κ2) is 7.05. The number of rotatable bonds is 5. The summed E-state index contributed by atoms with van der Waals surface area (Å²) in [5.41, 5.74) is -0.271. The molecular formula is C14H18N2O6S. The van der Waals surface area contributed by atoms with Crippen LogP contribution in [0.2, 0.25) is 0 Å². The lowest BCUT2D eigenvalue weighted by atomic mass is 9.98. The van der Waals surface area contributed by atoms with Crippen molar-refractivity contribution in [3.63, 3.8) is 0 Å². The fourth-order valence-corrected chi connectivity index (χ4v) is 4.01. The Morgan fingerprint density at radius 2 is 2.04 bits per heavy atom. The molecule has 1 aromatic rings. The van der Waals surface area contributed by atoms with E-state index in [2.05, 4.69) is 0 Å². The monoisotopic (exact) mass is 342 g/mol. The standard InChI is InChI=1S/C14H18N2O6S/c1-2-22-14(17)11-6-8-15(9-7-11)23(20,21)13-5-3-4-12(10-13)16(18)19/h3-5,10-11H,2,6-9H2,1H3. The maximum Gasteiger partial charge on any atom is 0.309 e. The first-order valence-electron chi connectivity index (χ1n) is 7.27. The number of sulfonamides is 1. The summed E-state index contributed by atoms with van der Waals surface area (Å²) in [5.74, 6) is -0.605. The molecule has 1 aliphatic rings. The number of nitrogens with zero attached hydrogens (tertiary/aromatic N) is 2. The van der Waals surface area contributed by atoms with Crippen molar-refractivity contribution < 1.29 is 22.9 Å². The number of ether oxygens (including phenoxy) is 1. The summed E-state index contributed by atoms with van der Waals surface area (Å²) in [6, 6.07) is 4.97. The van der Waals surface area contributed by atoms with E-state index in [1.165, 1.54) is 22.5 Å². The Balaban J connectivity index is 2.12. The third-order valence-electron chi connectivity index (χ3n) is 3.74. The van der Waals surface area contributed by atoms with Gasteiger partial charge in [-0.25, -0.2) is 8.42 Å². The fourth-order valence-electron chi connectivity index (χ4n) is 2.50. The number of carbonyl (C=O) groups excluding carboxylic acids is 1. The lowest BCUT2D eigenvalue weighted by Crippen LogP contribution is -2.40. The number of nitro groups is 1. The van der Waals surface area contributed by atoms with E-state index in [0.717, 1.165) is 6.07 Å². The molecule has 0 radical (unpaired) electrons. The number of non-ortho nitro benzene ring substituents is 1. The van der Waals surface area contributed by atoms with E-state index in [9.17, 15) is 23.3 Å². The van der Waals surface area contributed by atoms with Crippen molar-refractivity contribution in [3.05, 3.63) is 34.4 Å². The molecule has 126 valence electrons. The van der Waals surface area contributed by atoms with Crippen LogP contribution in [0.15, 0.2) is 29.2 Å². The van der Waals surface area contributed by atoms with Crippen molar-refractivity contribution in [3.8, 4) is 0 Å². The third-order valence-corrected chi connectivity index (χ3v) is 5.63. The molecule has 0 aromatic heterocycles. The summed E-state index contributed by atoms with van der Waals surface area (Å²) in [4.78, 5) is 21.7. The summed E-state index contributed by atoms with van der Waals surface area (Å²) in [6.45, 7) is 2.40. The van der Waals surface area contributed by atoms with Crippen molar-refractivity contribution in [2.45, 2.75) is 24.7 Å². The zero-order valence-electron chi connectivity index (χ0n) is 12.7. The maximum atomic E-state index is 12.6. The van der Waals surface area contributed by atoms with Crippen LogP contribution in [0.1, 0.15) is 19.8 Å². The molecule has 0 spiro atoms. The first-order valence-corrected chi connectivity index (χ1v) is 8.71. The molecule has 1 aliphatic heterocycles. The lowest BCUT2D eigenvalue weighted by molar-refractivity contribution is -0.385. The Morgan fingerprint density at radius 3 is 2.61 bits per heavy atom. The molecule has 23 heavy (non-hydrogen) atoms. The molecule has 1 aromatic carbocycles. The van der Waals surface area contributed by atoms with E-state index in [4.69, 9.17) is 4.74 Å². The number of hydrogen-bond donors (Lipinski definition) is 0. The minimum Gasteiger partial charge on any atom is -0.466 e. The van der Waals surface area contributed by atoms with Crippen LogP contribution in [0.3, 0.4) is 0 Å². The van der Waals surface area contributed by atoms with E-state index in [0.29, 0.717) is 19.4 Å². The predicted molar refractivity (Wildman–Crippen MR) is 81.2 cm³/mol. The van der Waals surface area contributed by atoms with E-state index in [-0.39, 0.29) is 35.6 Å². The number of benzene rings is 1. The molecule has 8 nitrogen and oxygen atoms in total. The summed E-state index contributed by atoms with van der Waals surface area (Å²) < 4.78 is 31.3. The smallest absolute Gasteiger partial charge is 0.309 e. The Bertz CT molecular complexity index is 695. The predicted octanol–water partition coefficient (Wildman–Crippen LogP) is 1.56. The molecule has 9 heteroatoms. The second-order valence-electron chi connectivity index (χ2n) is 5.18. The Labute approximate surface area is 134 Å². The first-order chi connectivity index (χ1) is 10.9. The van der Waals surface area contributed by atoms with E-state index in [1.807, 2.05) is 0 Å². The van der Waals surface area contributed by atoms with Crippen molar-refractivity contribution in [2.24, 2.45) is 5.92 Å². The van der Waals surface area contributed by atoms with Crippen LogP contribution in [-0.4, -0.2) is 43.3 Å². The number of esters is 1. The van der Waals surface area contributed by atoms with E-state index in [1.54, 1.807) is 6.92 Å². The van der Waals surface area contributed by atoms with Gasteiger partial charge in [-0.3, -0.25) is 14.9 Å². The Kier molecular flexibility index (Phi) is 5.32. The topological polar surface area (TPSA) is 107 Å². The van der Waals surface area contributed by atoms with E-state index >= 15 is 0 Å². The lowest BCUT2D eigenvalue weighted by Gasteiger charge is -2.30. The van der Waals surface area contributed by atoms with Crippen LogP contribution in [0.4, 0.5) is 5.69 Å². The zero-order chi connectivity index (χ0) is 17.0. The van der Waals surface area contributed by atoms with Gasteiger partial charge in [-0.05, 0) is 25.8 Å². The molecule has 0 unspecified atom stereocenters. The molecular weight excluding hydrogens is 324 g/mol. The molecule has 0 amide bonds. The molecule has 1 heterocycles. The van der Waals surface area contributed by atoms with Gasteiger partial charge in [0.05, 0.1) is 22.3 Å². The maximum absolute atomic E-state index is 12.6. The molecule has 2 rings (SSSR count). The van der Waals surface area contributed by atoms with Crippen molar-refractivity contribution in [2.75, 3.05) is 19.7 Å². The highest BCUT2D eigenvalue weighted by molar-refractivity contribution is 7.89. The van der Waals surface area contributed by atoms with Crippen LogP contribution in [0, 0.1) is 16.0 Å². The highest BCUT2D eigenvalue weighted by atomic mass is 32.2. The minimum atomic E-state index is -3.80. The summed E-state index contributed by atoms with van der Waals surface area (Å²) in [7, 11) is -3.80. The molecule has 1 fully saturated rings. The number of carbonyl (C=O) groups is 1.